The molecule has 8 heteroatoms. The molecule has 0 spiro atoms. The van der Waals surface area contributed by atoms with Gasteiger partial charge in [0.1, 0.15) is 6.04 Å². The van der Waals surface area contributed by atoms with E-state index in [1.54, 1.807) is 25.2 Å². The van der Waals surface area contributed by atoms with Crippen molar-refractivity contribution in [3.05, 3.63) is 28.2 Å². The highest BCUT2D eigenvalue weighted by Gasteiger charge is 2.22. The molecule has 2 rings (SSSR count). The predicted molar refractivity (Wildman–Crippen MR) is 75.3 cm³/mol. The number of aromatic nitrogens is 2. The van der Waals surface area contributed by atoms with Crippen molar-refractivity contribution in [3.63, 3.8) is 0 Å². The molecule has 6 nitrogen and oxygen atoms in total. The summed E-state index contributed by atoms with van der Waals surface area (Å²) in [7, 11) is 1.56. The van der Waals surface area contributed by atoms with Crippen molar-refractivity contribution >= 4 is 35.2 Å². The minimum atomic E-state index is -0.988. The van der Waals surface area contributed by atoms with Gasteiger partial charge in [0.2, 0.25) is 5.82 Å². The maximum Gasteiger partial charge on any atom is 0.326 e. The Balaban J connectivity index is 2.31. The Kier molecular flexibility index (Phi) is 4.15. The number of hydrogen-bond acceptors (Lipinski definition) is 5. The SMILES string of the molecule is CC(C(=O)O)N(C)c1nc(-c2cc(Cl)cc(Cl)c2)no1. The molecule has 1 aromatic carbocycles. The first-order valence-electron chi connectivity index (χ1n) is 5.64. The third-order valence-electron chi connectivity index (χ3n) is 2.78. The maximum atomic E-state index is 10.9. The number of halogens is 2. The molecular weight excluding hydrogens is 305 g/mol. The van der Waals surface area contributed by atoms with E-state index in [-0.39, 0.29) is 11.8 Å². The van der Waals surface area contributed by atoms with E-state index in [1.165, 1.54) is 11.8 Å². The molecule has 106 valence electrons. The lowest BCUT2D eigenvalue weighted by atomic mass is 10.2. The second-order valence-corrected chi connectivity index (χ2v) is 5.06. The standard InChI is InChI=1S/C12H11Cl2N3O3/c1-6(11(18)19)17(2)12-15-10(16-20-12)7-3-8(13)5-9(14)4-7/h3-6H,1-2H3,(H,18,19). The summed E-state index contributed by atoms with van der Waals surface area (Å²) in [5.41, 5.74) is 0.592. The van der Waals surface area contributed by atoms with Crippen molar-refractivity contribution < 1.29 is 14.4 Å². The number of carbonyl (C=O) groups is 1. The number of anilines is 1. The van der Waals surface area contributed by atoms with E-state index >= 15 is 0 Å². The summed E-state index contributed by atoms with van der Waals surface area (Å²) in [4.78, 5) is 16.4. The lowest BCUT2D eigenvalue weighted by Crippen LogP contribution is -2.35. The lowest BCUT2D eigenvalue weighted by Gasteiger charge is -2.17. The van der Waals surface area contributed by atoms with E-state index in [9.17, 15) is 4.79 Å². The summed E-state index contributed by atoms with van der Waals surface area (Å²) in [5, 5.41) is 13.6. The van der Waals surface area contributed by atoms with Gasteiger partial charge >= 0.3 is 12.0 Å². The van der Waals surface area contributed by atoms with E-state index in [1.807, 2.05) is 0 Å². The summed E-state index contributed by atoms with van der Waals surface area (Å²) in [6.45, 7) is 1.52. The Hall–Kier alpha value is -1.79. The highest BCUT2D eigenvalue weighted by atomic mass is 35.5. The lowest BCUT2D eigenvalue weighted by molar-refractivity contribution is -0.138. The third kappa shape index (κ3) is 3.02. The molecule has 1 N–H and O–H groups in total. The van der Waals surface area contributed by atoms with Crippen LogP contribution in [-0.2, 0) is 4.79 Å². The van der Waals surface area contributed by atoms with E-state index in [4.69, 9.17) is 32.8 Å². The molecule has 0 fully saturated rings. The van der Waals surface area contributed by atoms with Crippen LogP contribution < -0.4 is 4.90 Å². The van der Waals surface area contributed by atoms with Crippen LogP contribution in [0.2, 0.25) is 10.0 Å². The fourth-order valence-corrected chi connectivity index (χ4v) is 2.02. The number of hydrogen-bond donors (Lipinski definition) is 1. The zero-order valence-corrected chi connectivity index (χ0v) is 12.2. The largest absolute Gasteiger partial charge is 0.480 e. The highest BCUT2D eigenvalue weighted by Crippen LogP contribution is 2.26. The van der Waals surface area contributed by atoms with Gasteiger partial charge in [-0.25, -0.2) is 4.79 Å². The quantitative estimate of drug-likeness (QED) is 0.934. The van der Waals surface area contributed by atoms with Gasteiger partial charge in [-0.3, -0.25) is 0 Å². The molecule has 0 saturated carbocycles. The van der Waals surface area contributed by atoms with Crippen molar-refractivity contribution in [3.8, 4) is 11.4 Å². The molecule has 0 amide bonds. The zero-order valence-electron chi connectivity index (χ0n) is 10.7. The number of benzene rings is 1. The number of rotatable bonds is 4. The first-order chi connectivity index (χ1) is 9.38. The van der Waals surface area contributed by atoms with Crippen LogP contribution in [0.3, 0.4) is 0 Å². The maximum absolute atomic E-state index is 10.9. The Labute approximate surface area is 124 Å². The first kappa shape index (κ1) is 14.6. The summed E-state index contributed by atoms with van der Waals surface area (Å²) in [6.07, 6.45) is 0. The first-order valence-corrected chi connectivity index (χ1v) is 6.40. The van der Waals surface area contributed by atoms with Gasteiger partial charge in [-0.15, -0.1) is 0 Å². The Morgan fingerprint density at radius 1 is 1.35 bits per heavy atom. The van der Waals surface area contributed by atoms with Crippen molar-refractivity contribution in [1.82, 2.24) is 10.1 Å². The smallest absolute Gasteiger partial charge is 0.326 e. The van der Waals surface area contributed by atoms with E-state index < -0.39 is 12.0 Å². The van der Waals surface area contributed by atoms with Crippen molar-refractivity contribution in [2.45, 2.75) is 13.0 Å². The fraction of sp³-hybridized carbons (Fsp3) is 0.250. The zero-order chi connectivity index (χ0) is 14.9. The second-order valence-electron chi connectivity index (χ2n) is 4.18. The summed E-state index contributed by atoms with van der Waals surface area (Å²) < 4.78 is 5.05. The Morgan fingerprint density at radius 3 is 2.50 bits per heavy atom. The number of nitrogens with zero attached hydrogens (tertiary/aromatic N) is 3. The number of carboxylic acid groups (broad SMARTS) is 1. The number of carboxylic acids is 1. The molecule has 0 radical (unpaired) electrons. The third-order valence-corrected chi connectivity index (χ3v) is 3.21. The van der Waals surface area contributed by atoms with Crippen LogP contribution in [0, 0.1) is 0 Å². The Morgan fingerprint density at radius 2 is 1.95 bits per heavy atom. The average Bonchev–Trinajstić information content (AvgIpc) is 2.85. The number of likely N-dealkylation sites (N-methyl/N-ethyl adjacent to an activating group) is 1. The minimum Gasteiger partial charge on any atom is -0.480 e. The highest BCUT2D eigenvalue weighted by molar-refractivity contribution is 6.35. The van der Waals surface area contributed by atoms with E-state index in [2.05, 4.69) is 10.1 Å². The topological polar surface area (TPSA) is 79.5 Å². The predicted octanol–water partition coefficient (Wildman–Crippen LogP) is 2.95. The molecule has 0 aliphatic rings. The van der Waals surface area contributed by atoms with Crippen molar-refractivity contribution in [2.75, 3.05) is 11.9 Å². The van der Waals surface area contributed by atoms with Gasteiger partial charge in [-0.2, -0.15) is 4.98 Å². The fourth-order valence-electron chi connectivity index (χ4n) is 1.49. The second kappa shape index (κ2) is 5.68. The van der Waals surface area contributed by atoms with Crippen molar-refractivity contribution in [2.24, 2.45) is 0 Å². The van der Waals surface area contributed by atoms with Gasteiger partial charge in [0.15, 0.2) is 0 Å². The van der Waals surface area contributed by atoms with Crippen LogP contribution in [0.1, 0.15) is 6.92 Å². The van der Waals surface area contributed by atoms with Crippen LogP contribution in [0.5, 0.6) is 0 Å². The molecule has 2 aromatic rings. The molecule has 20 heavy (non-hydrogen) atoms. The van der Waals surface area contributed by atoms with Gasteiger partial charge in [-0.1, -0.05) is 28.4 Å². The monoisotopic (exact) mass is 315 g/mol. The summed E-state index contributed by atoms with van der Waals surface area (Å²) in [5.74, 6) is -0.702. The van der Waals surface area contributed by atoms with Gasteiger partial charge in [0.25, 0.3) is 0 Å². The average molecular weight is 316 g/mol. The van der Waals surface area contributed by atoms with E-state index in [0.29, 0.717) is 15.6 Å². The molecular formula is C12H11Cl2N3O3. The van der Waals surface area contributed by atoms with Gasteiger partial charge in [0, 0.05) is 22.7 Å². The molecule has 0 aliphatic heterocycles. The van der Waals surface area contributed by atoms with Gasteiger partial charge < -0.3 is 14.5 Å². The summed E-state index contributed by atoms with van der Waals surface area (Å²) >= 11 is 11.8. The van der Waals surface area contributed by atoms with Crippen LogP contribution >= 0.6 is 23.2 Å². The van der Waals surface area contributed by atoms with E-state index in [0.717, 1.165) is 0 Å². The van der Waals surface area contributed by atoms with Crippen LogP contribution in [0.4, 0.5) is 6.01 Å². The van der Waals surface area contributed by atoms with Crippen LogP contribution in [0.25, 0.3) is 11.4 Å². The van der Waals surface area contributed by atoms with Crippen molar-refractivity contribution in [1.29, 1.82) is 0 Å². The Bertz CT molecular complexity index is 624. The van der Waals surface area contributed by atoms with Crippen LogP contribution in [-0.4, -0.2) is 34.3 Å². The molecule has 0 aliphatic carbocycles. The summed E-state index contributed by atoms with van der Waals surface area (Å²) in [6, 6.07) is 4.19. The molecule has 1 heterocycles. The molecule has 0 saturated heterocycles. The molecule has 1 unspecified atom stereocenters. The van der Waals surface area contributed by atoms with Gasteiger partial charge in [-0.05, 0) is 25.1 Å². The molecule has 1 aromatic heterocycles. The van der Waals surface area contributed by atoms with Crippen LogP contribution in [0.15, 0.2) is 22.7 Å². The van der Waals surface area contributed by atoms with Gasteiger partial charge in [0.05, 0.1) is 0 Å². The molecule has 1 atom stereocenters. The minimum absolute atomic E-state index is 0.103. The molecule has 0 bridgehead atoms. The normalized spacial score (nSPS) is 12.2. The number of aliphatic carboxylic acids is 1.